The topological polar surface area (TPSA) is 18.5 Å². The van der Waals surface area contributed by atoms with Crippen LogP contribution in [0.1, 0.15) is 27.1 Å². The van der Waals surface area contributed by atoms with Crippen LogP contribution in [0.5, 0.6) is 11.5 Å². The van der Waals surface area contributed by atoms with E-state index in [0.29, 0.717) is 0 Å². The summed E-state index contributed by atoms with van der Waals surface area (Å²) in [6.45, 7) is 4.22. The third-order valence-corrected chi connectivity index (χ3v) is 5.23. The van der Waals surface area contributed by atoms with E-state index in [1.54, 1.807) is 14.2 Å². The Hall–Kier alpha value is -1.00. The number of aryl methyl sites for hydroxylation is 2. The predicted molar refractivity (Wildman–Crippen MR) is 93.9 cm³/mol. The first kappa shape index (κ1) is 16.4. The van der Waals surface area contributed by atoms with E-state index >= 15 is 0 Å². The van der Waals surface area contributed by atoms with E-state index < -0.39 is 0 Å². The molecular formula is C17H18Br2O2. The van der Waals surface area contributed by atoms with Gasteiger partial charge in [-0.25, -0.2) is 0 Å². The highest BCUT2D eigenvalue weighted by Gasteiger charge is 2.21. The Balaban J connectivity index is 2.55. The fourth-order valence-electron chi connectivity index (χ4n) is 2.32. The molecule has 2 rings (SSSR count). The molecule has 0 spiro atoms. The third-order valence-electron chi connectivity index (χ3n) is 3.50. The first-order chi connectivity index (χ1) is 9.99. The Morgan fingerprint density at radius 3 is 2.29 bits per heavy atom. The SMILES string of the molecule is COc1ccc(C(Br)c2cc(C)ccc2C)c(OC)c1Br. The van der Waals surface area contributed by atoms with Crippen molar-refractivity contribution in [2.24, 2.45) is 0 Å². The lowest BCUT2D eigenvalue weighted by Gasteiger charge is -2.19. The molecular weight excluding hydrogens is 396 g/mol. The fraction of sp³-hybridized carbons (Fsp3) is 0.294. The fourth-order valence-corrected chi connectivity index (χ4v) is 3.86. The van der Waals surface area contributed by atoms with Crippen LogP contribution in [-0.2, 0) is 0 Å². The normalized spacial score (nSPS) is 12.1. The minimum absolute atomic E-state index is 0.0644. The number of halogens is 2. The van der Waals surface area contributed by atoms with Gasteiger partial charge in [-0.1, -0.05) is 45.8 Å². The quantitative estimate of drug-likeness (QED) is 0.610. The van der Waals surface area contributed by atoms with E-state index in [1.165, 1.54) is 16.7 Å². The summed E-state index contributed by atoms with van der Waals surface area (Å²) in [5, 5.41) is 0. The molecule has 1 unspecified atom stereocenters. The molecule has 0 bridgehead atoms. The van der Waals surface area contributed by atoms with E-state index in [2.05, 4.69) is 63.9 Å². The van der Waals surface area contributed by atoms with E-state index in [1.807, 2.05) is 12.1 Å². The zero-order valence-electron chi connectivity index (χ0n) is 12.5. The van der Waals surface area contributed by atoms with Gasteiger partial charge in [-0.2, -0.15) is 0 Å². The zero-order chi connectivity index (χ0) is 15.6. The van der Waals surface area contributed by atoms with Crippen LogP contribution in [0.4, 0.5) is 0 Å². The van der Waals surface area contributed by atoms with Crippen LogP contribution in [0.25, 0.3) is 0 Å². The highest BCUT2D eigenvalue weighted by molar-refractivity contribution is 9.10. The second-order valence-electron chi connectivity index (χ2n) is 4.93. The maximum absolute atomic E-state index is 5.57. The van der Waals surface area contributed by atoms with Gasteiger partial charge in [0.05, 0.1) is 19.0 Å². The van der Waals surface area contributed by atoms with Gasteiger partial charge in [0.25, 0.3) is 0 Å². The molecule has 2 aromatic carbocycles. The van der Waals surface area contributed by atoms with Crippen molar-refractivity contribution in [1.29, 1.82) is 0 Å². The van der Waals surface area contributed by atoms with Gasteiger partial charge in [0.2, 0.25) is 0 Å². The van der Waals surface area contributed by atoms with Crippen LogP contribution >= 0.6 is 31.9 Å². The lowest BCUT2D eigenvalue weighted by molar-refractivity contribution is 0.386. The molecule has 0 aliphatic rings. The van der Waals surface area contributed by atoms with E-state index in [9.17, 15) is 0 Å². The Morgan fingerprint density at radius 1 is 0.952 bits per heavy atom. The van der Waals surface area contributed by atoms with Gasteiger partial charge < -0.3 is 9.47 Å². The molecule has 4 heteroatoms. The third kappa shape index (κ3) is 3.27. The number of methoxy groups -OCH3 is 2. The highest BCUT2D eigenvalue weighted by atomic mass is 79.9. The molecule has 1 atom stereocenters. The zero-order valence-corrected chi connectivity index (χ0v) is 15.7. The van der Waals surface area contributed by atoms with Crippen molar-refractivity contribution in [1.82, 2.24) is 0 Å². The molecule has 0 fully saturated rings. The molecule has 0 heterocycles. The minimum atomic E-state index is 0.0644. The molecule has 21 heavy (non-hydrogen) atoms. The largest absolute Gasteiger partial charge is 0.495 e. The van der Waals surface area contributed by atoms with Crippen molar-refractivity contribution >= 4 is 31.9 Å². The Kier molecular flexibility index (Phi) is 5.33. The van der Waals surface area contributed by atoms with E-state index in [-0.39, 0.29) is 4.83 Å². The summed E-state index contributed by atoms with van der Waals surface area (Å²) in [7, 11) is 3.32. The number of ether oxygens (including phenoxy) is 2. The smallest absolute Gasteiger partial charge is 0.141 e. The second kappa shape index (κ2) is 6.84. The Morgan fingerprint density at radius 2 is 1.67 bits per heavy atom. The number of rotatable bonds is 4. The monoisotopic (exact) mass is 412 g/mol. The van der Waals surface area contributed by atoms with Gasteiger partial charge in [-0.3, -0.25) is 0 Å². The highest BCUT2D eigenvalue weighted by Crippen LogP contribution is 2.44. The molecule has 2 aromatic rings. The van der Waals surface area contributed by atoms with Crippen molar-refractivity contribution in [3.05, 3.63) is 57.1 Å². The van der Waals surface area contributed by atoms with Gasteiger partial charge in [0, 0.05) is 5.56 Å². The van der Waals surface area contributed by atoms with Crippen molar-refractivity contribution in [2.75, 3.05) is 14.2 Å². The summed E-state index contributed by atoms with van der Waals surface area (Å²) in [6.07, 6.45) is 0. The molecule has 0 aliphatic carbocycles. The molecule has 0 amide bonds. The molecule has 0 saturated carbocycles. The summed E-state index contributed by atoms with van der Waals surface area (Å²) in [5.41, 5.74) is 4.80. The van der Waals surface area contributed by atoms with Gasteiger partial charge >= 0.3 is 0 Å². The van der Waals surface area contributed by atoms with E-state index in [0.717, 1.165) is 21.5 Å². The van der Waals surface area contributed by atoms with Crippen molar-refractivity contribution in [3.8, 4) is 11.5 Å². The average Bonchev–Trinajstić information content (AvgIpc) is 2.48. The van der Waals surface area contributed by atoms with Crippen molar-refractivity contribution in [3.63, 3.8) is 0 Å². The Bertz CT molecular complexity index is 653. The summed E-state index contributed by atoms with van der Waals surface area (Å²) < 4.78 is 11.7. The van der Waals surface area contributed by atoms with Gasteiger partial charge in [0.1, 0.15) is 16.0 Å². The summed E-state index contributed by atoms with van der Waals surface area (Å²) >= 11 is 7.37. The average molecular weight is 414 g/mol. The predicted octanol–water partition coefficient (Wildman–Crippen LogP) is 5.57. The van der Waals surface area contributed by atoms with Crippen LogP contribution in [0.2, 0.25) is 0 Å². The molecule has 0 N–H and O–H groups in total. The van der Waals surface area contributed by atoms with Crippen molar-refractivity contribution in [2.45, 2.75) is 18.7 Å². The summed E-state index contributed by atoms with van der Waals surface area (Å²) in [5.74, 6) is 1.55. The molecule has 2 nitrogen and oxygen atoms in total. The lowest BCUT2D eigenvalue weighted by Crippen LogP contribution is -2.01. The second-order valence-corrected chi connectivity index (χ2v) is 6.64. The molecule has 0 saturated heterocycles. The molecule has 0 aromatic heterocycles. The molecule has 0 aliphatic heterocycles. The number of hydrogen-bond acceptors (Lipinski definition) is 2. The number of hydrogen-bond donors (Lipinski definition) is 0. The van der Waals surface area contributed by atoms with E-state index in [4.69, 9.17) is 9.47 Å². The maximum atomic E-state index is 5.57. The first-order valence-corrected chi connectivity index (χ1v) is 8.32. The summed E-state index contributed by atoms with van der Waals surface area (Å²) in [4.78, 5) is 0.0644. The van der Waals surface area contributed by atoms with Crippen LogP contribution < -0.4 is 9.47 Å². The summed E-state index contributed by atoms with van der Waals surface area (Å²) in [6, 6.07) is 10.4. The van der Waals surface area contributed by atoms with Gasteiger partial charge in [-0.15, -0.1) is 0 Å². The van der Waals surface area contributed by atoms with Crippen LogP contribution in [0.3, 0.4) is 0 Å². The Labute approximate surface area is 142 Å². The first-order valence-electron chi connectivity index (χ1n) is 6.61. The van der Waals surface area contributed by atoms with Crippen LogP contribution in [0, 0.1) is 13.8 Å². The van der Waals surface area contributed by atoms with Gasteiger partial charge in [0.15, 0.2) is 0 Å². The molecule has 0 radical (unpaired) electrons. The number of alkyl halides is 1. The van der Waals surface area contributed by atoms with Crippen LogP contribution in [-0.4, -0.2) is 14.2 Å². The van der Waals surface area contributed by atoms with Gasteiger partial charge in [-0.05, 0) is 47.0 Å². The molecule has 112 valence electrons. The standard InChI is InChI=1S/C17H18Br2O2/c1-10-5-6-11(2)13(9-10)15(18)12-7-8-14(20-3)16(19)17(12)21-4/h5-9,15H,1-4H3. The van der Waals surface area contributed by atoms with Crippen LogP contribution in [0.15, 0.2) is 34.8 Å². The maximum Gasteiger partial charge on any atom is 0.141 e. The minimum Gasteiger partial charge on any atom is -0.495 e. The number of benzene rings is 2. The lowest BCUT2D eigenvalue weighted by atomic mass is 9.98. The van der Waals surface area contributed by atoms with Crippen molar-refractivity contribution < 1.29 is 9.47 Å².